The minimum absolute atomic E-state index is 0.0806. The van der Waals surface area contributed by atoms with E-state index in [1.54, 1.807) is 0 Å². The van der Waals surface area contributed by atoms with Gasteiger partial charge in [0.15, 0.2) is 0 Å². The number of hydrogen-bond acceptors (Lipinski definition) is 3. The van der Waals surface area contributed by atoms with E-state index in [0.717, 1.165) is 129 Å². The highest BCUT2D eigenvalue weighted by atomic mass is 16.3. The van der Waals surface area contributed by atoms with Gasteiger partial charge >= 0.3 is 0 Å². The Balaban J connectivity index is 0.929. The van der Waals surface area contributed by atoms with Crippen LogP contribution in [0.25, 0.3) is 154 Å². The van der Waals surface area contributed by atoms with Crippen molar-refractivity contribution >= 4 is 139 Å². The van der Waals surface area contributed by atoms with Crippen molar-refractivity contribution in [2.75, 3.05) is 9.80 Å². The molecule has 0 bridgehead atoms. The normalized spacial score (nSPS) is 13.2. The van der Waals surface area contributed by atoms with Crippen molar-refractivity contribution in [3.8, 4) is 72.4 Å². The zero-order chi connectivity index (χ0) is 80.2. The minimum Gasteiger partial charge on any atom is -0.456 e. The maximum Gasteiger partial charge on any atom is 0.252 e. The molecule has 0 unspecified atom stereocenters. The molecule has 0 amide bonds. The van der Waals surface area contributed by atoms with Gasteiger partial charge in [0, 0.05) is 93.8 Å². The molecule has 20 aromatic rings. The SMILES string of the molecule is CC(C)(C)c1cc(-c2ccccc2)c(N2c3cc(-c4ccc5oc6ccccc6c5c4)ccc3B3c4ccc(-n5c6ccc(C(C)(C)C)cc6c6cc(C(C)(C)C)ccc65)cc4N(c4c(-c5ccccc5)cc(C(C)(C)C)cc4-c4ccccc4)c4cc(-c5ccc6c(c5)c5cccc7c8ccccc8n6c75)cc2c43)c(-c2ccccc2)c1. The minimum atomic E-state index is -0.304. The lowest BCUT2D eigenvalue weighted by Crippen LogP contribution is -2.61. The highest BCUT2D eigenvalue weighted by Gasteiger charge is 2.47. The van der Waals surface area contributed by atoms with Gasteiger partial charge in [-0.3, -0.25) is 0 Å². The second kappa shape index (κ2) is 26.0. The van der Waals surface area contributed by atoms with E-state index in [9.17, 15) is 0 Å². The summed E-state index contributed by atoms with van der Waals surface area (Å²) in [6.07, 6.45) is 0. The predicted octanol–water partition coefficient (Wildman–Crippen LogP) is 29.1. The summed E-state index contributed by atoms with van der Waals surface area (Å²) in [6, 6.07) is 128. The van der Waals surface area contributed by atoms with Crippen LogP contribution >= 0.6 is 0 Å². The highest BCUT2D eigenvalue weighted by molar-refractivity contribution is 7.00. The van der Waals surface area contributed by atoms with E-state index in [1.807, 2.05) is 0 Å². The van der Waals surface area contributed by atoms with Gasteiger partial charge in [0.2, 0.25) is 0 Å². The third-order valence-corrected chi connectivity index (χ3v) is 25.8. The van der Waals surface area contributed by atoms with Crippen LogP contribution in [0.2, 0.25) is 0 Å². The van der Waals surface area contributed by atoms with Gasteiger partial charge in [-0.1, -0.05) is 301 Å². The molecule has 568 valence electrons. The van der Waals surface area contributed by atoms with Crippen LogP contribution in [0.5, 0.6) is 0 Å². The van der Waals surface area contributed by atoms with Crippen LogP contribution in [-0.2, 0) is 21.7 Å². The third-order valence-electron chi connectivity index (χ3n) is 25.8. The summed E-state index contributed by atoms with van der Waals surface area (Å²) in [5.74, 6) is 0. The van der Waals surface area contributed by atoms with Crippen molar-refractivity contribution in [3.05, 3.63) is 356 Å². The molecule has 0 fully saturated rings. The Bertz CT molecular complexity index is 7330. The summed E-state index contributed by atoms with van der Waals surface area (Å²) < 4.78 is 11.7. The summed E-state index contributed by atoms with van der Waals surface area (Å²) in [5.41, 5.74) is 37.3. The van der Waals surface area contributed by atoms with E-state index in [1.165, 1.54) is 98.5 Å². The van der Waals surface area contributed by atoms with Crippen LogP contribution in [0.1, 0.15) is 105 Å². The van der Waals surface area contributed by atoms with Crippen LogP contribution in [0.3, 0.4) is 0 Å². The molecule has 16 aromatic carbocycles. The molecule has 6 heteroatoms. The molecule has 2 aliphatic heterocycles. The Morgan fingerprint density at radius 1 is 0.246 bits per heavy atom. The predicted molar refractivity (Wildman–Crippen MR) is 504 cm³/mol. The standard InChI is InChI=1S/C112H91BN4O/c1-109(2,3)76-47-53-96-90(61-76)91-62-77(110(4,5)6)48-54-97(91)114(96)80-49-51-94-100(67-80)117(108-87(70-34-21-15-22-35-70)65-79(112(10,11)12)66-88(108)71-36-23-16-24-37-71)102-60-75(73-45-52-98-89(56-73)84-41-29-40-83-81-38-25-27-42-95(81)115(98)106(83)84)59-101-105(102)113(94)93-50-44-74(72-46-55-104-92(57-72)82-39-26-28-43-103(82)118-104)58-99(93)116(101)107-85(68-30-17-13-18-31-68)63-78(111(7,8)9)64-86(107)69-32-19-14-20-33-69/h13-67H,1-12H3. The monoisotopic (exact) mass is 1520 g/mol. The van der Waals surface area contributed by atoms with E-state index >= 15 is 0 Å². The van der Waals surface area contributed by atoms with Crippen LogP contribution in [0.15, 0.2) is 338 Å². The molecular weight excluding hydrogens is 1430 g/mol. The molecule has 5 nitrogen and oxygen atoms in total. The number of benzene rings is 16. The fourth-order valence-electron chi connectivity index (χ4n) is 19.7. The van der Waals surface area contributed by atoms with Crippen molar-refractivity contribution in [3.63, 3.8) is 0 Å². The summed E-state index contributed by atoms with van der Waals surface area (Å²) in [4.78, 5) is 5.49. The average Bonchev–Trinajstić information content (AvgIpc) is 1.11. The lowest BCUT2D eigenvalue weighted by Gasteiger charge is -2.46. The fraction of sp³-hybridized carbons (Fsp3) is 0.143. The smallest absolute Gasteiger partial charge is 0.252 e. The molecular formula is C112H91BN4O. The lowest BCUT2D eigenvalue weighted by atomic mass is 9.33. The molecule has 2 aliphatic rings. The quantitative estimate of drug-likeness (QED) is 0.135. The molecule has 0 spiro atoms. The van der Waals surface area contributed by atoms with Gasteiger partial charge < -0.3 is 23.2 Å². The maximum absolute atomic E-state index is 6.61. The second-order valence-corrected chi connectivity index (χ2v) is 37.2. The van der Waals surface area contributed by atoms with E-state index in [4.69, 9.17) is 4.42 Å². The number of nitrogens with zero attached hydrogens (tertiary/aromatic N) is 4. The highest BCUT2D eigenvalue weighted by Crippen LogP contribution is 2.57. The first-order valence-corrected chi connectivity index (χ1v) is 41.9. The van der Waals surface area contributed by atoms with Crippen molar-refractivity contribution in [2.45, 2.75) is 105 Å². The largest absolute Gasteiger partial charge is 0.456 e. The van der Waals surface area contributed by atoms with Crippen LogP contribution < -0.4 is 26.2 Å². The van der Waals surface area contributed by atoms with Gasteiger partial charge in [-0.2, -0.15) is 0 Å². The van der Waals surface area contributed by atoms with Crippen molar-refractivity contribution in [1.29, 1.82) is 0 Å². The number of anilines is 6. The summed E-state index contributed by atoms with van der Waals surface area (Å²) in [5, 5.41) is 9.69. The molecule has 118 heavy (non-hydrogen) atoms. The molecule has 0 radical (unpaired) electrons. The molecule has 0 aliphatic carbocycles. The van der Waals surface area contributed by atoms with Crippen LogP contribution in [0.4, 0.5) is 34.1 Å². The molecule has 0 atom stereocenters. The molecule has 4 aromatic heterocycles. The topological polar surface area (TPSA) is 29.0 Å². The van der Waals surface area contributed by atoms with Gasteiger partial charge in [-0.15, -0.1) is 0 Å². The number of rotatable bonds is 9. The van der Waals surface area contributed by atoms with Gasteiger partial charge in [-0.05, 0) is 220 Å². The van der Waals surface area contributed by atoms with Crippen LogP contribution in [0, 0.1) is 0 Å². The van der Waals surface area contributed by atoms with E-state index in [-0.39, 0.29) is 28.4 Å². The summed E-state index contributed by atoms with van der Waals surface area (Å²) in [6.45, 7) is 27.9. The Labute approximate surface area is 690 Å². The van der Waals surface area contributed by atoms with Crippen molar-refractivity contribution in [2.24, 2.45) is 0 Å². The first-order valence-electron chi connectivity index (χ1n) is 41.9. The number of fused-ring (bicyclic) bond motifs is 16. The molecule has 6 heterocycles. The van der Waals surface area contributed by atoms with Crippen LogP contribution in [-0.4, -0.2) is 15.7 Å². The number of para-hydroxylation sites is 3. The van der Waals surface area contributed by atoms with E-state index < -0.39 is 0 Å². The Morgan fingerprint density at radius 3 is 1.15 bits per heavy atom. The molecule has 0 saturated carbocycles. The van der Waals surface area contributed by atoms with Crippen molar-refractivity contribution in [1.82, 2.24) is 8.97 Å². The average molecular weight is 1520 g/mol. The Morgan fingerprint density at radius 2 is 0.627 bits per heavy atom. The van der Waals surface area contributed by atoms with Gasteiger partial charge in [-0.25, -0.2) is 0 Å². The molecule has 22 rings (SSSR count). The first kappa shape index (κ1) is 71.2. The summed E-state index contributed by atoms with van der Waals surface area (Å²) >= 11 is 0. The second-order valence-electron chi connectivity index (χ2n) is 37.2. The zero-order valence-corrected chi connectivity index (χ0v) is 69.0. The van der Waals surface area contributed by atoms with Gasteiger partial charge in [0.05, 0.1) is 39.0 Å². The van der Waals surface area contributed by atoms with E-state index in [0.29, 0.717) is 0 Å². The number of furan rings is 1. The molecule has 0 N–H and O–H groups in total. The fourth-order valence-corrected chi connectivity index (χ4v) is 19.7. The summed E-state index contributed by atoms with van der Waals surface area (Å²) in [7, 11) is 0. The Kier molecular flexibility index (Phi) is 15.7. The van der Waals surface area contributed by atoms with Gasteiger partial charge in [0.25, 0.3) is 6.71 Å². The zero-order valence-electron chi connectivity index (χ0n) is 69.0. The number of hydrogen-bond donors (Lipinski definition) is 0. The molecule has 0 saturated heterocycles. The lowest BCUT2D eigenvalue weighted by molar-refractivity contribution is 0.590. The first-order chi connectivity index (χ1) is 57.1. The third kappa shape index (κ3) is 11.1. The Hall–Kier alpha value is -13.4. The van der Waals surface area contributed by atoms with E-state index in [2.05, 4.69) is 436 Å². The van der Waals surface area contributed by atoms with Gasteiger partial charge in [0.1, 0.15) is 11.2 Å². The maximum atomic E-state index is 6.61. The number of aromatic nitrogens is 2. The van der Waals surface area contributed by atoms with Crippen molar-refractivity contribution < 1.29 is 4.42 Å².